The van der Waals surface area contributed by atoms with E-state index >= 15 is 0 Å². The number of hydrogen-bond donors (Lipinski definition) is 2. The molecule has 0 aromatic heterocycles. The van der Waals surface area contributed by atoms with Crippen LogP contribution in [-0.2, 0) is 20.0 Å². The fourth-order valence-electron chi connectivity index (χ4n) is 2.15. The first-order chi connectivity index (χ1) is 10.8. The minimum Gasteiger partial charge on any atom is -0.345 e. The van der Waals surface area contributed by atoms with Crippen LogP contribution in [0.3, 0.4) is 0 Å². The van der Waals surface area contributed by atoms with E-state index in [1.54, 1.807) is 18.2 Å². The van der Waals surface area contributed by atoms with Gasteiger partial charge in [0.05, 0.1) is 10.6 Å². The normalized spacial score (nSPS) is 15.5. The van der Waals surface area contributed by atoms with Crippen molar-refractivity contribution in [1.82, 2.24) is 0 Å². The van der Waals surface area contributed by atoms with E-state index in [0.717, 1.165) is 18.0 Å². The van der Waals surface area contributed by atoms with Gasteiger partial charge < -0.3 is 5.32 Å². The molecule has 0 saturated heterocycles. The van der Waals surface area contributed by atoms with Gasteiger partial charge in [-0.3, -0.25) is 4.72 Å². The number of anilines is 2. The number of sulfonamides is 2. The molecule has 23 heavy (non-hydrogen) atoms. The van der Waals surface area contributed by atoms with Crippen LogP contribution in [0, 0.1) is 6.92 Å². The van der Waals surface area contributed by atoms with Crippen LogP contribution in [0.2, 0.25) is 0 Å². The Morgan fingerprint density at radius 2 is 1.91 bits per heavy atom. The molecular weight excluding hydrogens is 338 g/mol. The highest BCUT2D eigenvalue weighted by atomic mass is 32.2. The van der Waals surface area contributed by atoms with Crippen molar-refractivity contribution in [2.24, 2.45) is 4.40 Å². The Morgan fingerprint density at radius 1 is 1.13 bits per heavy atom. The van der Waals surface area contributed by atoms with Crippen molar-refractivity contribution in [2.75, 3.05) is 10.0 Å². The molecule has 2 aromatic carbocycles. The summed E-state index contributed by atoms with van der Waals surface area (Å²) >= 11 is 0. The maximum atomic E-state index is 12.4. The maximum absolute atomic E-state index is 12.4. The third kappa shape index (κ3) is 3.06. The molecule has 1 aliphatic heterocycles. The largest absolute Gasteiger partial charge is 0.345 e. The van der Waals surface area contributed by atoms with E-state index < -0.39 is 20.0 Å². The number of rotatable bonds is 3. The molecular formula is C14H13N3O4S2. The van der Waals surface area contributed by atoms with Crippen LogP contribution >= 0.6 is 0 Å². The second-order valence-electron chi connectivity index (χ2n) is 4.99. The quantitative estimate of drug-likeness (QED) is 0.879. The monoisotopic (exact) mass is 351 g/mol. The van der Waals surface area contributed by atoms with Crippen molar-refractivity contribution in [1.29, 1.82) is 0 Å². The first-order valence-electron chi connectivity index (χ1n) is 6.57. The highest BCUT2D eigenvalue weighted by Crippen LogP contribution is 2.29. The highest BCUT2D eigenvalue weighted by Gasteiger charge is 2.24. The van der Waals surface area contributed by atoms with Crippen molar-refractivity contribution in [2.45, 2.75) is 16.7 Å². The summed E-state index contributed by atoms with van der Waals surface area (Å²) in [6, 6.07) is 10.7. The van der Waals surface area contributed by atoms with Gasteiger partial charge in [0.2, 0.25) is 0 Å². The van der Waals surface area contributed by atoms with Crippen molar-refractivity contribution < 1.29 is 16.8 Å². The fraction of sp³-hybridized carbons (Fsp3) is 0.0714. The lowest BCUT2D eigenvalue weighted by Crippen LogP contribution is -2.16. The summed E-state index contributed by atoms with van der Waals surface area (Å²) < 4.78 is 54.5. The molecule has 0 amide bonds. The number of aryl methyl sites for hydroxylation is 1. The molecule has 0 spiro atoms. The zero-order valence-electron chi connectivity index (χ0n) is 12.0. The zero-order chi connectivity index (χ0) is 16.7. The van der Waals surface area contributed by atoms with Gasteiger partial charge in [-0.2, -0.15) is 8.42 Å². The Kier molecular flexibility index (Phi) is 3.61. The Balaban J connectivity index is 2.02. The predicted octanol–water partition coefficient (Wildman–Crippen LogP) is 1.94. The zero-order valence-corrected chi connectivity index (χ0v) is 13.6. The molecule has 0 unspecified atom stereocenters. The molecule has 0 saturated carbocycles. The standard InChI is InChI=1S/C14H13N3O4S2/c1-10-3-2-4-11(7-10)17-22(18,19)12-5-6-13-14(8-12)23(20,21)16-9-15-13/h2-9,17H,1H3,(H,15,16). The van der Waals surface area contributed by atoms with Crippen molar-refractivity contribution in [3.05, 3.63) is 48.0 Å². The molecule has 120 valence electrons. The number of nitrogens with one attached hydrogen (secondary N) is 2. The van der Waals surface area contributed by atoms with Crippen LogP contribution in [-0.4, -0.2) is 23.2 Å². The summed E-state index contributed by atoms with van der Waals surface area (Å²) in [6.45, 7) is 1.84. The SMILES string of the molecule is Cc1cccc(NS(=O)(=O)c2ccc3c(c2)S(=O)(=O)N=CN3)c1. The van der Waals surface area contributed by atoms with E-state index in [2.05, 4.69) is 14.4 Å². The van der Waals surface area contributed by atoms with E-state index in [4.69, 9.17) is 0 Å². The lowest BCUT2D eigenvalue weighted by atomic mass is 10.2. The molecule has 2 aromatic rings. The highest BCUT2D eigenvalue weighted by molar-refractivity contribution is 7.93. The summed E-state index contributed by atoms with van der Waals surface area (Å²) in [7, 11) is -7.80. The van der Waals surface area contributed by atoms with Crippen LogP contribution in [0.4, 0.5) is 11.4 Å². The summed E-state index contributed by atoms with van der Waals surface area (Å²) in [5.41, 5.74) is 1.59. The second kappa shape index (κ2) is 5.36. The van der Waals surface area contributed by atoms with E-state index in [1.165, 1.54) is 12.1 Å². The molecule has 7 nitrogen and oxygen atoms in total. The van der Waals surface area contributed by atoms with Crippen molar-refractivity contribution >= 4 is 37.8 Å². The van der Waals surface area contributed by atoms with Crippen molar-refractivity contribution in [3.8, 4) is 0 Å². The minimum atomic E-state index is -3.91. The maximum Gasteiger partial charge on any atom is 0.285 e. The Bertz CT molecular complexity index is 1010. The van der Waals surface area contributed by atoms with Gasteiger partial charge in [0.25, 0.3) is 20.0 Å². The lowest BCUT2D eigenvalue weighted by molar-refractivity contribution is 0.597. The second-order valence-corrected chi connectivity index (χ2v) is 8.27. The smallest absolute Gasteiger partial charge is 0.285 e. The number of hydrogen-bond acceptors (Lipinski definition) is 5. The van der Waals surface area contributed by atoms with Gasteiger partial charge >= 0.3 is 0 Å². The van der Waals surface area contributed by atoms with E-state index in [0.29, 0.717) is 5.69 Å². The van der Waals surface area contributed by atoms with Gasteiger partial charge in [0.15, 0.2) is 0 Å². The van der Waals surface area contributed by atoms with Gasteiger partial charge in [-0.25, -0.2) is 8.42 Å². The van der Waals surface area contributed by atoms with Gasteiger partial charge in [-0.15, -0.1) is 4.40 Å². The summed E-state index contributed by atoms with van der Waals surface area (Å²) in [6.07, 6.45) is 1.05. The molecule has 2 N–H and O–H groups in total. The van der Waals surface area contributed by atoms with Gasteiger partial charge in [0.1, 0.15) is 11.2 Å². The van der Waals surface area contributed by atoms with Crippen molar-refractivity contribution in [3.63, 3.8) is 0 Å². The fourth-order valence-corrected chi connectivity index (χ4v) is 4.28. The molecule has 0 atom stereocenters. The average Bonchev–Trinajstić information content (AvgIpc) is 2.46. The third-order valence-electron chi connectivity index (χ3n) is 3.22. The van der Waals surface area contributed by atoms with Crippen LogP contribution in [0.15, 0.2) is 56.7 Å². The van der Waals surface area contributed by atoms with Crippen LogP contribution in [0.25, 0.3) is 0 Å². The molecule has 1 aliphatic rings. The van der Waals surface area contributed by atoms with E-state index in [9.17, 15) is 16.8 Å². The molecule has 0 bridgehead atoms. The summed E-state index contributed by atoms with van der Waals surface area (Å²) in [5, 5.41) is 2.67. The van der Waals surface area contributed by atoms with Gasteiger partial charge in [-0.05, 0) is 42.8 Å². The first kappa shape index (κ1) is 15.5. The average molecular weight is 351 g/mol. The molecule has 0 radical (unpaired) electrons. The molecule has 0 fully saturated rings. The molecule has 0 aliphatic carbocycles. The van der Waals surface area contributed by atoms with E-state index in [-0.39, 0.29) is 15.5 Å². The predicted molar refractivity (Wildman–Crippen MR) is 87.7 cm³/mol. The molecule has 9 heteroatoms. The molecule has 1 heterocycles. The Hall–Kier alpha value is -2.39. The third-order valence-corrected chi connectivity index (χ3v) is 5.88. The van der Waals surface area contributed by atoms with Gasteiger partial charge in [-0.1, -0.05) is 12.1 Å². The Morgan fingerprint density at radius 3 is 2.65 bits per heavy atom. The van der Waals surface area contributed by atoms with Crippen LogP contribution in [0.5, 0.6) is 0 Å². The first-order valence-corrected chi connectivity index (χ1v) is 9.49. The molecule has 3 rings (SSSR count). The minimum absolute atomic E-state index is 0.153. The van der Waals surface area contributed by atoms with Gasteiger partial charge in [0, 0.05) is 5.69 Å². The Labute approximate surface area is 134 Å². The summed E-state index contributed by atoms with van der Waals surface area (Å²) in [5.74, 6) is 0. The lowest BCUT2D eigenvalue weighted by Gasteiger charge is -2.14. The topological polar surface area (TPSA) is 105 Å². The summed E-state index contributed by atoms with van der Waals surface area (Å²) in [4.78, 5) is -0.327. The number of nitrogens with zero attached hydrogens (tertiary/aromatic N) is 1. The van der Waals surface area contributed by atoms with E-state index in [1.807, 2.05) is 13.0 Å². The number of benzene rings is 2. The number of fused-ring (bicyclic) bond motifs is 1. The van der Waals surface area contributed by atoms with Crippen LogP contribution < -0.4 is 10.0 Å². The van der Waals surface area contributed by atoms with Crippen LogP contribution in [0.1, 0.15) is 5.56 Å².